The zero-order chi connectivity index (χ0) is 15.3. The molecule has 0 aliphatic heterocycles. The summed E-state index contributed by atoms with van der Waals surface area (Å²) in [6.07, 6.45) is 2.66. The molecule has 1 amide bonds. The van der Waals surface area contributed by atoms with Crippen molar-refractivity contribution >= 4 is 23.9 Å². The molecule has 4 N–H and O–H groups in total. The van der Waals surface area contributed by atoms with Crippen molar-refractivity contribution in [1.29, 1.82) is 0 Å². The minimum Gasteiger partial charge on any atom is -0.477 e. The fourth-order valence-corrected chi connectivity index (χ4v) is 1.49. The third-order valence-corrected chi connectivity index (χ3v) is 2.42. The van der Waals surface area contributed by atoms with Crippen molar-refractivity contribution in [3.05, 3.63) is 52.6 Å². The first-order valence-electron chi connectivity index (χ1n) is 5.57. The Labute approximate surface area is 114 Å². The number of carbonyl (C=O) groups is 3. The highest BCUT2D eigenvalue weighted by Crippen LogP contribution is 2.11. The summed E-state index contributed by atoms with van der Waals surface area (Å²) in [7, 11) is 0. The molecule has 0 saturated heterocycles. The van der Waals surface area contributed by atoms with Gasteiger partial charge >= 0.3 is 11.9 Å². The van der Waals surface area contributed by atoms with Crippen LogP contribution in [0.1, 0.15) is 22.8 Å². The summed E-state index contributed by atoms with van der Waals surface area (Å²) < 4.78 is 0. The predicted molar refractivity (Wildman–Crippen MR) is 72.0 cm³/mol. The van der Waals surface area contributed by atoms with Crippen LogP contribution in [0.15, 0.2) is 41.5 Å². The normalized spacial score (nSPS) is 10.8. The van der Waals surface area contributed by atoms with Gasteiger partial charge in [0.2, 0.25) is 5.91 Å². The fraction of sp³-hybridized carbons (Fsp3) is 0.0714. The minimum absolute atomic E-state index is 0.354. The molecule has 1 aromatic carbocycles. The lowest BCUT2D eigenvalue weighted by molar-refractivity contribution is -0.140. The molecule has 0 saturated carbocycles. The van der Waals surface area contributed by atoms with Gasteiger partial charge in [-0.3, -0.25) is 4.79 Å². The van der Waals surface area contributed by atoms with Crippen molar-refractivity contribution in [3.63, 3.8) is 0 Å². The Morgan fingerprint density at radius 2 is 1.55 bits per heavy atom. The van der Waals surface area contributed by atoms with Crippen LogP contribution in [0.4, 0.5) is 0 Å². The molecule has 104 valence electrons. The summed E-state index contributed by atoms with van der Waals surface area (Å²) in [5.74, 6) is -3.56. The predicted octanol–water partition coefficient (Wildman–Crippen LogP) is 1.28. The minimum atomic E-state index is -1.51. The first-order chi connectivity index (χ1) is 9.31. The summed E-state index contributed by atoms with van der Waals surface area (Å²) in [5.41, 5.74) is 5.89. The van der Waals surface area contributed by atoms with Gasteiger partial charge in [-0.1, -0.05) is 18.2 Å². The lowest BCUT2D eigenvalue weighted by atomic mass is 10.1. The molecule has 0 aromatic heterocycles. The number of allylic oxidation sites excluding steroid dienone is 2. The van der Waals surface area contributed by atoms with Gasteiger partial charge in [-0.15, -0.1) is 0 Å². The topological polar surface area (TPSA) is 118 Å². The smallest absolute Gasteiger partial charge is 0.343 e. The van der Waals surface area contributed by atoms with Crippen molar-refractivity contribution < 1.29 is 24.6 Å². The number of carboxylic acids is 2. The number of amides is 1. The highest BCUT2D eigenvalue weighted by atomic mass is 16.4. The van der Waals surface area contributed by atoms with E-state index >= 15 is 0 Å². The first kappa shape index (κ1) is 15.2. The number of benzene rings is 1. The van der Waals surface area contributed by atoms with Gasteiger partial charge < -0.3 is 15.9 Å². The molecule has 0 radical (unpaired) electrons. The lowest BCUT2D eigenvalue weighted by Gasteiger charge is -1.99. The first-order valence-corrected chi connectivity index (χ1v) is 5.57. The molecule has 0 heterocycles. The van der Waals surface area contributed by atoms with E-state index in [0.29, 0.717) is 16.7 Å². The van der Waals surface area contributed by atoms with Crippen molar-refractivity contribution in [2.75, 3.05) is 0 Å². The van der Waals surface area contributed by atoms with E-state index < -0.39 is 23.4 Å². The second kappa shape index (κ2) is 6.33. The van der Waals surface area contributed by atoms with Crippen LogP contribution in [0.5, 0.6) is 0 Å². The largest absolute Gasteiger partial charge is 0.477 e. The second-order valence-corrected chi connectivity index (χ2v) is 4.04. The second-order valence-electron chi connectivity index (χ2n) is 4.04. The molecular formula is C14H13NO5. The van der Waals surface area contributed by atoms with Gasteiger partial charge in [-0.2, -0.15) is 0 Å². The van der Waals surface area contributed by atoms with Crippen LogP contribution < -0.4 is 5.73 Å². The summed E-state index contributed by atoms with van der Waals surface area (Å²) in [6.45, 7) is 1.58. The molecule has 0 aliphatic carbocycles. The molecule has 1 rings (SSSR count). The Morgan fingerprint density at radius 1 is 1.05 bits per heavy atom. The Kier molecular flexibility index (Phi) is 4.80. The van der Waals surface area contributed by atoms with Crippen LogP contribution in [0, 0.1) is 0 Å². The van der Waals surface area contributed by atoms with Gasteiger partial charge in [0.05, 0.1) is 0 Å². The van der Waals surface area contributed by atoms with Gasteiger partial charge in [0.15, 0.2) is 0 Å². The Bertz CT molecular complexity index is 595. The molecule has 0 unspecified atom stereocenters. The summed E-state index contributed by atoms with van der Waals surface area (Å²) in [6, 6.07) is 6.30. The van der Waals surface area contributed by atoms with E-state index in [-0.39, 0.29) is 0 Å². The number of carbonyl (C=O) groups excluding carboxylic acids is 1. The van der Waals surface area contributed by atoms with Gasteiger partial charge in [0, 0.05) is 5.56 Å². The van der Waals surface area contributed by atoms with Crippen LogP contribution in [0.2, 0.25) is 0 Å². The quantitative estimate of drug-likeness (QED) is 0.324. The number of carboxylic acid groups (broad SMARTS) is 2. The molecule has 0 bridgehead atoms. The van der Waals surface area contributed by atoms with E-state index in [4.69, 9.17) is 15.9 Å². The third kappa shape index (κ3) is 4.09. The molecule has 0 fully saturated rings. The van der Waals surface area contributed by atoms with Crippen LogP contribution in [0.25, 0.3) is 6.08 Å². The Hall–Kier alpha value is -2.89. The highest BCUT2D eigenvalue weighted by Gasteiger charge is 2.15. The number of rotatable bonds is 5. The van der Waals surface area contributed by atoms with Gasteiger partial charge in [0.25, 0.3) is 0 Å². The maximum atomic E-state index is 10.9. The van der Waals surface area contributed by atoms with E-state index in [2.05, 4.69) is 0 Å². The van der Waals surface area contributed by atoms with Crippen molar-refractivity contribution in [2.45, 2.75) is 6.92 Å². The lowest BCUT2D eigenvalue weighted by Crippen LogP contribution is -2.11. The average molecular weight is 275 g/mol. The zero-order valence-corrected chi connectivity index (χ0v) is 10.7. The van der Waals surface area contributed by atoms with Crippen LogP contribution in [0.3, 0.4) is 0 Å². The molecule has 6 heteroatoms. The van der Waals surface area contributed by atoms with Crippen LogP contribution >= 0.6 is 0 Å². The third-order valence-electron chi connectivity index (χ3n) is 2.42. The summed E-state index contributed by atoms with van der Waals surface area (Å²) in [5, 5.41) is 17.5. The molecule has 0 atom stereocenters. The molecule has 1 aromatic rings. The molecule has 6 nitrogen and oxygen atoms in total. The van der Waals surface area contributed by atoms with E-state index in [1.807, 2.05) is 0 Å². The average Bonchev–Trinajstić information content (AvgIpc) is 2.35. The SMILES string of the molecule is C/C(C=C(C(=O)O)C(=O)O)=C\c1ccc(C(N)=O)cc1. The van der Waals surface area contributed by atoms with Crippen molar-refractivity contribution in [2.24, 2.45) is 5.73 Å². The van der Waals surface area contributed by atoms with E-state index in [1.54, 1.807) is 25.1 Å². The van der Waals surface area contributed by atoms with E-state index in [1.165, 1.54) is 12.1 Å². The Balaban J connectivity index is 3.04. The number of hydrogen-bond acceptors (Lipinski definition) is 3. The fourth-order valence-electron chi connectivity index (χ4n) is 1.49. The van der Waals surface area contributed by atoms with Crippen molar-refractivity contribution in [3.8, 4) is 0 Å². The number of aliphatic carboxylic acids is 2. The summed E-state index contributed by atoms with van der Waals surface area (Å²) in [4.78, 5) is 32.3. The number of hydrogen-bond donors (Lipinski definition) is 3. The van der Waals surface area contributed by atoms with Crippen molar-refractivity contribution in [1.82, 2.24) is 0 Å². The number of primary amides is 1. The maximum Gasteiger partial charge on any atom is 0.343 e. The van der Waals surface area contributed by atoms with Crippen LogP contribution in [-0.4, -0.2) is 28.1 Å². The van der Waals surface area contributed by atoms with Crippen LogP contribution in [-0.2, 0) is 9.59 Å². The molecule has 0 spiro atoms. The van der Waals surface area contributed by atoms with Gasteiger partial charge in [-0.05, 0) is 36.3 Å². The van der Waals surface area contributed by atoms with Gasteiger partial charge in [0.1, 0.15) is 5.57 Å². The molecular weight excluding hydrogens is 262 g/mol. The van der Waals surface area contributed by atoms with Gasteiger partial charge in [-0.25, -0.2) is 9.59 Å². The highest BCUT2D eigenvalue weighted by molar-refractivity contribution is 6.12. The Morgan fingerprint density at radius 3 is 1.95 bits per heavy atom. The summed E-state index contributed by atoms with van der Waals surface area (Å²) >= 11 is 0. The molecule has 20 heavy (non-hydrogen) atoms. The number of nitrogens with two attached hydrogens (primary N) is 1. The zero-order valence-electron chi connectivity index (χ0n) is 10.7. The van der Waals surface area contributed by atoms with E-state index in [9.17, 15) is 14.4 Å². The standard InChI is InChI=1S/C14H13NO5/c1-8(7-11(13(17)18)14(19)20)6-9-2-4-10(5-3-9)12(15)16/h2-7H,1H3,(H2,15,16)(H,17,18)(H,19,20)/b8-6+. The van der Waals surface area contributed by atoms with E-state index in [0.717, 1.165) is 6.08 Å². The maximum absolute atomic E-state index is 10.9. The monoisotopic (exact) mass is 275 g/mol. The molecule has 0 aliphatic rings.